The lowest BCUT2D eigenvalue weighted by atomic mass is 9.97. The molecule has 0 saturated carbocycles. The summed E-state index contributed by atoms with van der Waals surface area (Å²) < 4.78 is 0. The fourth-order valence-electron chi connectivity index (χ4n) is 3.23. The third-order valence-electron chi connectivity index (χ3n) is 4.26. The molecular formula is C18H23N3. The summed E-state index contributed by atoms with van der Waals surface area (Å²) in [5, 5.41) is 3.50. The highest BCUT2D eigenvalue weighted by atomic mass is 15.3. The molecule has 1 aromatic carbocycles. The Balaban J connectivity index is 1.97. The fourth-order valence-corrected chi connectivity index (χ4v) is 3.23. The van der Waals surface area contributed by atoms with Crippen LogP contribution >= 0.6 is 0 Å². The zero-order valence-corrected chi connectivity index (χ0v) is 12.6. The van der Waals surface area contributed by atoms with Crippen LogP contribution in [0.3, 0.4) is 0 Å². The summed E-state index contributed by atoms with van der Waals surface area (Å²) in [6, 6.07) is 12.8. The molecule has 3 heteroatoms. The summed E-state index contributed by atoms with van der Waals surface area (Å²) in [5.74, 6) is 0. The Morgan fingerprint density at radius 3 is 2.57 bits per heavy atom. The molecule has 1 saturated heterocycles. The first kappa shape index (κ1) is 14.2. The van der Waals surface area contributed by atoms with Crippen molar-refractivity contribution in [2.45, 2.75) is 25.4 Å². The Hall–Kier alpha value is -1.71. The molecular weight excluding hydrogens is 258 g/mol. The molecule has 21 heavy (non-hydrogen) atoms. The van der Waals surface area contributed by atoms with Gasteiger partial charge in [-0.05, 0) is 50.2 Å². The molecule has 1 aliphatic rings. The standard InChI is InChI=1S/C18H23N3/c1-19-18(21-12-5-2-6-13-21)17-10-4-3-9-16(17)15-8-7-11-20-14-15/h3-4,7-11,14,18-19H,2,5-6,12-13H2,1H3. The second-order valence-corrected chi connectivity index (χ2v) is 5.62. The number of likely N-dealkylation sites (tertiary alicyclic amines) is 1. The van der Waals surface area contributed by atoms with E-state index in [1.165, 1.54) is 49.0 Å². The first-order chi connectivity index (χ1) is 10.4. The molecule has 1 aromatic heterocycles. The van der Waals surface area contributed by atoms with Crippen molar-refractivity contribution in [2.24, 2.45) is 0 Å². The molecule has 3 rings (SSSR count). The summed E-state index contributed by atoms with van der Waals surface area (Å²) in [4.78, 5) is 6.82. The van der Waals surface area contributed by atoms with E-state index in [9.17, 15) is 0 Å². The molecule has 0 aliphatic carbocycles. The minimum absolute atomic E-state index is 0.279. The van der Waals surface area contributed by atoms with Gasteiger partial charge in [0.05, 0.1) is 6.17 Å². The van der Waals surface area contributed by atoms with E-state index >= 15 is 0 Å². The van der Waals surface area contributed by atoms with Crippen LogP contribution in [0, 0.1) is 0 Å². The van der Waals surface area contributed by atoms with Crippen molar-refractivity contribution in [1.29, 1.82) is 0 Å². The molecule has 2 heterocycles. The van der Waals surface area contributed by atoms with E-state index in [-0.39, 0.29) is 6.17 Å². The van der Waals surface area contributed by atoms with Crippen molar-refractivity contribution in [3.05, 3.63) is 54.4 Å². The van der Waals surface area contributed by atoms with Gasteiger partial charge < -0.3 is 5.32 Å². The number of pyridine rings is 1. The predicted molar refractivity (Wildman–Crippen MR) is 86.9 cm³/mol. The van der Waals surface area contributed by atoms with Crippen LogP contribution in [0.4, 0.5) is 0 Å². The number of hydrogen-bond donors (Lipinski definition) is 1. The molecule has 1 aliphatic heterocycles. The Morgan fingerprint density at radius 2 is 1.86 bits per heavy atom. The lowest BCUT2D eigenvalue weighted by Crippen LogP contribution is -2.40. The summed E-state index contributed by atoms with van der Waals surface area (Å²) >= 11 is 0. The fraction of sp³-hybridized carbons (Fsp3) is 0.389. The third kappa shape index (κ3) is 3.14. The summed E-state index contributed by atoms with van der Waals surface area (Å²) in [6.07, 6.45) is 8.01. The van der Waals surface area contributed by atoms with Crippen LogP contribution in [0.2, 0.25) is 0 Å². The van der Waals surface area contributed by atoms with Crippen LogP contribution < -0.4 is 5.32 Å². The average molecular weight is 281 g/mol. The first-order valence-corrected chi connectivity index (χ1v) is 7.81. The number of nitrogens with one attached hydrogen (secondary N) is 1. The normalized spacial score (nSPS) is 17.6. The molecule has 0 spiro atoms. The number of rotatable bonds is 4. The molecule has 110 valence electrons. The largest absolute Gasteiger partial charge is 0.301 e. The molecule has 3 nitrogen and oxygen atoms in total. The second kappa shape index (κ2) is 6.83. The highest BCUT2D eigenvalue weighted by Gasteiger charge is 2.22. The van der Waals surface area contributed by atoms with Crippen molar-refractivity contribution in [2.75, 3.05) is 20.1 Å². The topological polar surface area (TPSA) is 28.2 Å². The Morgan fingerprint density at radius 1 is 1.05 bits per heavy atom. The van der Waals surface area contributed by atoms with Gasteiger partial charge in [0.25, 0.3) is 0 Å². The van der Waals surface area contributed by atoms with Crippen LogP contribution in [-0.4, -0.2) is 30.0 Å². The van der Waals surface area contributed by atoms with Gasteiger partial charge in [0.2, 0.25) is 0 Å². The van der Waals surface area contributed by atoms with E-state index in [1.54, 1.807) is 0 Å². The lowest BCUT2D eigenvalue weighted by molar-refractivity contribution is 0.144. The van der Waals surface area contributed by atoms with Gasteiger partial charge in [0, 0.05) is 18.0 Å². The quantitative estimate of drug-likeness (QED) is 0.930. The highest BCUT2D eigenvalue weighted by Crippen LogP contribution is 2.30. The van der Waals surface area contributed by atoms with E-state index in [0.717, 1.165) is 0 Å². The Kier molecular flexibility index (Phi) is 4.63. The Labute approximate surface area is 127 Å². The van der Waals surface area contributed by atoms with Crippen molar-refractivity contribution in [1.82, 2.24) is 15.2 Å². The number of hydrogen-bond acceptors (Lipinski definition) is 3. The first-order valence-electron chi connectivity index (χ1n) is 7.81. The van der Waals surface area contributed by atoms with Crippen LogP contribution in [0.5, 0.6) is 0 Å². The lowest BCUT2D eigenvalue weighted by Gasteiger charge is -2.35. The van der Waals surface area contributed by atoms with Crippen molar-refractivity contribution in [3.63, 3.8) is 0 Å². The monoisotopic (exact) mass is 281 g/mol. The number of aromatic nitrogens is 1. The van der Waals surface area contributed by atoms with Crippen molar-refractivity contribution < 1.29 is 0 Å². The molecule has 1 atom stereocenters. The molecule has 1 unspecified atom stereocenters. The van der Waals surface area contributed by atoms with Gasteiger partial charge in [0.15, 0.2) is 0 Å². The van der Waals surface area contributed by atoms with Crippen molar-refractivity contribution in [3.8, 4) is 11.1 Å². The van der Waals surface area contributed by atoms with Gasteiger partial charge in [-0.15, -0.1) is 0 Å². The number of piperidine rings is 1. The minimum Gasteiger partial charge on any atom is -0.301 e. The highest BCUT2D eigenvalue weighted by molar-refractivity contribution is 5.67. The summed E-state index contributed by atoms with van der Waals surface area (Å²) in [7, 11) is 2.05. The van der Waals surface area contributed by atoms with Gasteiger partial charge in [-0.2, -0.15) is 0 Å². The van der Waals surface area contributed by atoms with Crippen LogP contribution in [0.1, 0.15) is 31.0 Å². The maximum atomic E-state index is 4.27. The van der Waals surface area contributed by atoms with E-state index in [0.29, 0.717) is 0 Å². The van der Waals surface area contributed by atoms with Gasteiger partial charge in [0.1, 0.15) is 0 Å². The summed E-state index contributed by atoms with van der Waals surface area (Å²) in [5.41, 5.74) is 3.80. The zero-order valence-electron chi connectivity index (χ0n) is 12.6. The average Bonchev–Trinajstić information content (AvgIpc) is 2.58. The third-order valence-corrected chi connectivity index (χ3v) is 4.26. The van der Waals surface area contributed by atoms with Crippen LogP contribution in [-0.2, 0) is 0 Å². The molecule has 2 aromatic rings. The van der Waals surface area contributed by atoms with E-state index in [2.05, 4.69) is 52.6 Å². The van der Waals surface area contributed by atoms with Crippen LogP contribution in [0.25, 0.3) is 11.1 Å². The van der Waals surface area contributed by atoms with E-state index < -0.39 is 0 Å². The van der Waals surface area contributed by atoms with Gasteiger partial charge in [-0.1, -0.05) is 36.8 Å². The maximum Gasteiger partial charge on any atom is 0.0864 e. The maximum absolute atomic E-state index is 4.27. The number of benzene rings is 1. The van der Waals surface area contributed by atoms with E-state index in [4.69, 9.17) is 0 Å². The van der Waals surface area contributed by atoms with Gasteiger partial charge in [-0.25, -0.2) is 0 Å². The van der Waals surface area contributed by atoms with Gasteiger partial charge in [-0.3, -0.25) is 9.88 Å². The Bertz CT molecular complexity index is 562. The number of nitrogens with zero attached hydrogens (tertiary/aromatic N) is 2. The summed E-state index contributed by atoms with van der Waals surface area (Å²) in [6.45, 7) is 2.35. The molecule has 0 bridgehead atoms. The molecule has 1 fully saturated rings. The predicted octanol–water partition coefficient (Wildman–Crippen LogP) is 3.45. The molecule has 1 N–H and O–H groups in total. The van der Waals surface area contributed by atoms with Gasteiger partial charge >= 0.3 is 0 Å². The smallest absolute Gasteiger partial charge is 0.0864 e. The zero-order chi connectivity index (χ0) is 14.5. The minimum atomic E-state index is 0.279. The molecule has 0 amide bonds. The van der Waals surface area contributed by atoms with E-state index in [1.807, 2.05) is 18.5 Å². The molecule has 0 radical (unpaired) electrons. The SMILES string of the molecule is CNC(c1ccccc1-c1cccnc1)N1CCCCC1. The second-order valence-electron chi connectivity index (χ2n) is 5.62. The van der Waals surface area contributed by atoms with Crippen molar-refractivity contribution >= 4 is 0 Å². The van der Waals surface area contributed by atoms with Crippen LogP contribution in [0.15, 0.2) is 48.8 Å².